The highest BCUT2D eigenvalue weighted by atomic mass is 28.4. The Labute approximate surface area is 77.6 Å². The van der Waals surface area contributed by atoms with Gasteiger partial charge < -0.3 is 10.2 Å². The quantitative estimate of drug-likeness (QED) is 0.624. The van der Waals surface area contributed by atoms with Crippen LogP contribution in [0.1, 0.15) is 26.2 Å². The lowest BCUT2D eigenvalue weighted by atomic mass is 10.4. The van der Waals surface area contributed by atoms with Gasteiger partial charge in [-0.3, -0.25) is 0 Å². The van der Waals surface area contributed by atoms with E-state index in [4.69, 9.17) is 10.2 Å². The van der Waals surface area contributed by atoms with Crippen LogP contribution in [-0.4, -0.2) is 22.0 Å². The van der Waals surface area contributed by atoms with E-state index >= 15 is 0 Å². The van der Waals surface area contributed by atoms with E-state index in [1.165, 1.54) is 24.9 Å². The monoisotopic (exact) mass is 189 g/mol. The van der Waals surface area contributed by atoms with Crippen molar-refractivity contribution in [3.8, 4) is 0 Å². The van der Waals surface area contributed by atoms with E-state index in [9.17, 15) is 0 Å². The molecular formula is C9H23NOSi. The van der Waals surface area contributed by atoms with Gasteiger partial charge in [0.1, 0.15) is 0 Å². The minimum atomic E-state index is -1.35. The maximum atomic E-state index is 5.63. The molecule has 0 aliphatic heterocycles. The normalized spacial score (nSPS) is 16.0. The van der Waals surface area contributed by atoms with Gasteiger partial charge in [-0.05, 0) is 31.6 Å². The van der Waals surface area contributed by atoms with Crippen molar-refractivity contribution in [1.29, 1.82) is 0 Å². The summed E-state index contributed by atoms with van der Waals surface area (Å²) in [7, 11) is 0.514. The van der Waals surface area contributed by atoms with Gasteiger partial charge in [0.05, 0.1) is 0 Å². The third-order valence-electron chi connectivity index (χ3n) is 2.46. The molecule has 0 saturated heterocycles. The molecule has 0 aliphatic carbocycles. The van der Waals surface area contributed by atoms with Crippen molar-refractivity contribution >= 4 is 8.32 Å². The molecule has 0 heterocycles. The van der Waals surface area contributed by atoms with Gasteiger partial charge in [0.2, 0.25) is 0 Å². The Morgan fingerprint density at radius 3 is 2.25 bits per heavy atom. The number of rotatable bonds is 7. The molecule has 0 aliphatic rings. The summed E-state index contributed by atoms with van der Waals surface area (Å²) in [4.78, 5) is 0. The lowest BCUT2D eigenvalue weighted by Crippen LogP contribution is -2.33. The molecule has 0 bridgehead atoms. The van der Waals surface area contributed by atoms with Crippen LogP contribution >= 0.6 is 0 Å². The predicted octanol–water partition coefficient (Wildman–Crippen LogP) is 2.36. The summed E-state index contributed by atoms with van der Waals surface area (Å²) in [6.07, 6.45) is 3.70. The molecule has 0 spiro atoms. The molecule has 2 nitrogen and oxygen atoms in total. The molecule has 0 fully saturated rings. The second-order valence-corrected chi connectivity index (χ2v) is 7.96. The first-order valence-electron chi connectivity index (χ1n) is 4.93. The van der Waals surface area contributed by atoms with Crippen LogP contribution in [-0.2, 0) is 4.43 Å². The zero-order valence-electron chi connectivity index (χ0n) is 8.73. The van der Waals surface area contributed by atoms with Gasteiger partial charge in [-0.1, -0.05) is 19.8 Å². The van der Waals surface area contributed by atoms with E-state index < -0.39 is 8.32 Å². The fourth-order valence-electron chi connectivity index (χ4n) is 1.36. The Bertz CT molecular complexity index is 101. The van der Waals surface area contributed by atoms with Gasteiger partial charge in [0.25, 0.3) is 0 Å². The van der Waals surface area contributed by atoms with Crippen LogP contribution in [0.3, 0.4) is 0 Å². The molecule has 2 N–H and O–H groups in total. The second-order valence-electron chi connectivity index (χ2n) is 3.65. The van der Waals surface area contributed by atoms with E-state index in [-0.39, 0.29) is 0 Å². The summed E-state index contributed by atoms with van der Waals surface area (Å²) in [6, 6.07) is 2.51. The molecule has 0 amide bonds. The smallest absolute Gasteiger partial charge is 0.189 e. The minimum Gasteiger partial charge on any atom is -0.420 e. The van der Waals surface area contributed by atoms with Crippen molar-refractivity contribution in [1.82, 2.24) is 0 Å². The summed E-state index contributed by atoms with van der Waals surface area (Å²) in [5, 5.41) is 0. The second kappa shape index (κ2) is 6.63. The van der Waals surface area contributed by atoms with Gasteiger partial charge in [-0.2, -0.15) is 0 Å². The van der Waals surface area contributed by atoms with Crippen molar-refractivity contribution in [2.24, 2.45) is 5.73 Å². The Hall–Kier alpha value is 0.137. The van der Waals surface area contributed by atoms with Crippen LogP contribution in [0, 0.1) is 0 Å². The first kappa shape index (κ1) is 12.1. The fourth-order valence-corrected chi connectivity index (χ4v) is 4.07. The highest BCUT2D eigenvalue weighted by Crippen LogP contribution is 2.20. The maximum absolute atomic E-state index is 5.63. The number of nitrogens with two attached hydrogens (primary N) is 1. The first-order valence-corrected chi connectivity index (χ1v) is 7.76. The number of unbranched alkanes of at least 4 members (excludes halogenated alkanes) is 1. The SMILES string of the molecule is CCCC[Si](C)(CCCN)OC. The van der Waals surface area contributed by atoms with E-state index in [0.29, 0.717) is 0 Å². The Morgan fingerprint density at radius 2 is 1.83 bits per heavy atom. The average Bonchev–Trinajstić information content (AvgIpc) is 2.11. The molecule has 0 rings (SSSR count). The van der Waals surface area contributed by atoms with Crippen molar-refractivity contribution in [3.63, 3.8) is 0 Å². The summed E-state index contributed by atoms with van der Waals surface area (Å²) < 4.78 is 5.63. The fraction of sp³-hybridized carbons (Fsp3) is 1.00. The molecule has 0 aromatic heterocycles. The topological polar surface area (TPSA) is 35.2 Å². The summed E-state index contributed by atoms with van der Waals surface area (Å²) >= 11 is 0. The Balaban J connectivity index is 3.70. The van der Waals surface area contributed by atoms with Crippen LogP contribution in [0.25, 0.3) is 0 Å². The third-order valence-corrected chi connectivity index (χ3v) is 6.27. The van der Waals surface area contributed by atoms with Crippen LogP contribution in [0.5, 0.6) is 0 Å². The number of hydrogen-bond donors (Lipinski definition) is 1. The lowest BCUT2D eigenvalue weighted by molar-refractivity contribution is 0.393. The van der Waals surface area contributed by atoms with Crippen LogP contribution in [0.15, 0.2) is 0 Å². The van der Waals surface area contributed by atoms with Gasteiger partial charge in [-0.25, -0.2) is 0 Å². The molecule has 12 heavy (non-hydrogen) atoms. The summed E-state index contributed by atoms with van der Waals surface area (Å²) in [5.74, 6) is 0. The molecule has 0 aromatic rings. The standard InChI is InChI=1S/C9H23NOSi/c1-4-5-8-12(3,11-2)9-6-7-10/h4-10H2,1-3H3. The third kappa shape index (κ3) is 4.90. The van der Waals surface area contributed by atoms with Crippen molar-refractivity contribution in [2.45, 2.75) is 44.8 Å². The van der Waals surface area contributed by atoms with E-state index in [0.717, 1.165) is 13.0 Å². The van der Waals surface area contributed by atoms with Crippen molar-refractivity contribution < 1.29 is 4.43 Å². The number of hydrogen-bond acceptors (Lipinski definition) is 2. The Morgan fingerprint density at radius 1 is 1.25 bits per heavy atom. The average molecular weight is 189 g/mol. The lowest BCUT2D eigenvalue weighted by Gasteiger charge is -2.24. The Kier molecular flexibility index (Phi) is 6.71. The van der Waals surface area contributed by atoms with Crippen molar-refractivity contribution in [2.75, 3.05) is 13.7 Å². The summed E-state index contributed by atoms with van der Waals surface area (Å²) in [5.41, 5.74) is 5.49. The van der Waals surface area contributed by atoms with Crippen molar-refractivity contribution in [3.05, 3.63) is 0 Å². The predicted molar refractivity (Wildman–Crippen MR) is 56.8 cm³/mol. The molecule has 0 aromatic carbocycles. The van der Waals surface area contributed by atoms with E-state index in [2.05, 4.69) is 13.5 Å². The summed E-state index contributed by atoms with van der Waals surface area (Å²) in [6.45, 7) is 5.35. The van der Waals surface area contributed by atoms with Gasteiger partial charge >= 0.3 is 0 Å². The maximum Gasteiger partial charge on any atom is 0.189 e. The zero-order valence-corrected chi connectivity index (χ0v) is 9.73. The molecular weight excluding hydrogens is 166 g/mol. The molecule has 74 valence electrons. The van der Waals surface area contributed by atoms with E-state index in [1.54, 1.807) is 0 Å². The molecule has 0 saturated carbocycles. The molecule has 1 unspecified atom stereocenters. The molecule has 1 atom stereocenters. The van der Waals surface area contributed by atoms with Crippen LogP contribution < -0.4 is 5.73 Å². The molecule has 0 radical (unpaired) electrons. The highest BCUT2D eigenvalue weighted by molar-refractivity contribution is 6.72. The molecule has 3 heteroatoms. The van der Waals surface area contributed by atoms with Gasteiger partial charge in [0.15, 0.2) is 8.32 Å². The van der Waals surface area contributed by atoms with E-state index in [1.807, 2.05) is 7.11 Å². The first-order chi connectivity index (χ1) is 5.68. The van der Waals surface area contributed by atoms with Crippen LogP contribution in [0.2, 0.25) is 18.6 Å². The van der Waals surface area contributed by atoms with Crippen LogP contribution in [0.4, 0.5) is 0 Å². The highest BCUT2D eigenvalue weighted by Gasteiger charge is 2.25. The van der Waals surface area contributed by atoms with Gasteiger partial charge in [-0.15, -0.1) is 0 Å². The minimum absolute atomic E-state index is 0.804. The largest absolute Gasteiger partial charge is 0.420 e. The van der Waals surface area contributed by atoms with Gasteiger partial charge in [0, 0.05) is 7.11 Å². The zero-order chi connectivity index (χ0) is 9.45.